The molecule has 0 bridgehead atoms. The number of phenolic OH excluding ortho intramolecular Hbond substituents is 1. The molecule has 1 aliphatic heterocycles. The number of aromatic nitrogens is 2. The fourth-order valence-electron chi connectivity index (χ4n) is 4.68. The number of rotatable bonds is 4. The number of halogens is 2. The molecule has 0 spiro atoms. The maximum Gasteiger partial charge on any atom is 0.174 e. The standard InChI is InChI=1S/C26H22BrClN4OS/c1-15-13-20(16(2)31(15)22-14-18(28)8-11-23(22)33)25-24(21-5-3-4-12-29-21)30-26(34)32(25)19-9-6-17(27)7-10-19/h3-14,24-25,33H,1-2H3,(H,30,34)/t24-,25-/m0/s1. The summed E-state index contributed by atoms with van der Waals surface area (Å²) in [6.45, 7) is 4.08. The molecule has 1 aliphatic rings. The van der Waals surface area contributed by atoms with Crippen LogP contribution in [0.5, 0.6) is 5.75 Å². The lowest BCUT2D eigenvalue weighted by atomic mass is 9.96. The lowest BCUT2D eigenvalue weighted by Crippen LogP contribution is -2.29. The number of anilines is 1. The Kier molecular flexibility index (Phi) is 6.10. The molecule has 0 unspecified atom stereocenters. The summed E-state index contributed by atoms with van der Waals surface area (Å²) in [5.74, 6) is 0.170. The lowest BCUT2D eigenvalue weighted by molar-refractivity contribution is 0.471. The first-order valence-electron chi connectivity index (χ1n) is 10.8. The van der Waals surface area contributed by atoms with E-state index in [0.29, 0.717) is 15.8 Å². The van der Waals surface area contributed by atoms with Crippen molar-refractivity contribution in [3.05, 3.63) is 105 Å². The molecule has 0 amide bonds. The number of aryl methyl sites for hydroxylation is 1. The van der Waals surface area contributed by atoms with Crippen molar-refractivity contribution in [1.82, 2.24) is 14.9 Å². The van der Waals surface area contributed by atoms with E-state index in [9.17, 15) is 5.11 Å². The lowest BCUT2D eigenvalue weighted by Gasteiger charge is -2.28. The van der Waals surface area contributed by atoms with E-state index in [-0.39, 0.29) is 17.8 Å². The first kappa shape index (κ1) is 22.9. The van der Waals surface area contributed by atoms with Crippen molar-refractivity contribution in [2.24, 2.45) is 0 Å². The summed E-state index contributed by atoms with van der Waals surface area (Å²) in [4.78, 5) is 6.78. The van der Waals surface area contributed by atoms with Crippen LogP contribution in [0.2, 0.25) is 5.02 Å². The summed E-state index contributed by atoms with van der Waals surface area (Å²) >= 11 is 15.6. The summed E-state index contributed by atoms with van der Waals surface area (Å²) in [5, 5.41) is 15.3. The van der Waals surface area contributed by atoms with Crippen LogP contribution in [-0.2, 0) is 0 Å². The minimum absolute atomic E-state index is 0.148. The summed E-state index contributed by atoms with van der Waals surface area (Å²) < 4.78 is 3.04. The summed E-state index contributed by atoms with van der Waals surface area (Å²) in [6.07, 6.45) is 1.80. The molecule has 2 aromatic heterocycles. The molecule has 2 aromatic carbocycles. The highest BCUT2D eigenvalue weighted by Gasteiger charge is 2.42. The number of benzene rings is 2. The van der Waals surface area contributed by atoms with Gasteiger partial charge in [0, 0.05) is 32.8 Å². The van der Waals surface area contributed by atoms with E-state index in [2.05, 4.69) is 44.1 Å². The van der Waals surface area contributed by atoms with Crippen LogP contribution >= 0.6 is 39.7 Å². The van der Waals surface area contributed by atoms with Crippen molar-refractivity contribution in [2.45, 2.75) is 25.9 Å². The molecule has 3 heterocycles. The Morgan fingerprint density at radius 1 is 1.06 bits per heavy atom. The van der Waals surface area contributed by atoms with Crippen LogP contribution in [0.25, 0.3) is 5.69 Å². The van der Waals surface area contributed by atoms with Gasteiger partial charge in [0.2, 0.25) is 0 Å². The van der Waals surface area contributed by atoms with Gasteiger partial charge in [-0.1, -0.05) is 33.6 Å². The van der Waals surface area contributed by atoms with Gasteiger partial charge in [0.05, 0.1) is 23.5 Å². The molecule has 5 rings (SSSR count). The van der Waals surface area contributed by atoms with E-state index >= 15 is 0 Å². The van der Waals surface area contributed by atoms with Gasteiger partial charge in [-0.2, -0.15) is 0 Å². The predicted molar refractivity (Wildman–Crippen MR) is 144 cm³/mol. The van der Waals surface area contributed by atoms with Crippen molar-refractivity contribution in [3.8, 4) is 11.4 Å². The second kappa shape index (κ2) is 9.06. The van der Waals surface area contributed by atoms with Gasteiger partial charge < -0.3 is 19.9 Å². The monoisotopic (exact) mass is 552 g/mol. The molecular weight excluding hydrogens is 532 g/mol. The van der Waals surface area contributed by atoms with Gasteiger partial charge in [-0.3, -0.25) is 4.98 Å². The van der Waals surface area contributed by atoms with Crippen molar-refractivity contribution in [2.75, 3.05) is 4.90 Å². The second-order valence-electron chi connectivity index (χ2n) is 8.27. The van der Waals surface area contributed by atoms with Crippen molar-refractivity contribution >= 4 is 50.5 Å². The van der Waals surface area contributed by atoms with Crippen molar-refractivity contribution < 1.29 is 5.11 Å². The fourth-order valence-corrected chi connectivity index (χ4v) is 5.46. The predicted octanol–water partition coefficient (Wildman–Crippen LogP) is 6.79. The zero-order chi connectivity index (χ0) is 24.0. The zero-order valence-corrected chi connectivity index (χ0v) is 21.7. The average molecular weight is 554 g/mol. The normalized spacial score (nSPS) is 17.8. The Bertz CT molecular complexity index is 1370. The van der Waals surface area contributed by atoms with E-state index in [1.165, 1.54) is 0 Å². The fraction of sp³-hybridized carbons (Fsp3) is 0.154. The number of nitrogens with zero attached hydrogens (tertiary/aromatic N) is 3. The van der Waals surface area contributed by atoms with Gasteiger partial charge in [-0.25, -0.2) is 0 Å². The van der Waals surface area contributed by atoms with Gasteiger partial charge in [-0.15, -0.1) is 0 Å². The molecule has 2 atom stereocenters. The molecule has 0 aliphatic carbocycles. The number of hydrogen-bond acceptors (Lipinski definition) is 3. The third-order valence-corrected chi connectivity index (χ3v) is 7.25. The van der Waals surface area contributed by atoms with E-state index < -0.39 is 0 Å². The topological polar surface area (TPSA) is 53.3 Å². The highest BCUT2D eigenvalue weighted by molar-refractivity contribution is 9.10. The third-order valence-electron chi connectivity index (χ3n) is 6.17. The Balaban J connectivity index is 1.70. The molecule has 5 nitrogen and oxygen atoms in total. The number of pyridine rings is 1. The molecule has 0 saturated carbocycles. The third kappa shape index (κ3) is 3.98. The largest absolute Gasteiger partial charge is 0.506 e. The molecule has 8 heteroatoms. The summed E-state index contributed by atoms with van der Waals surface area (Å²) in [5.41, 5.74) is 5.60. The number of nitrogens with one attached hydrogen (secondary N) is 1. The molecule has 0 radical (unpaired) electrons. The van der Waals surface area contributed by atoms with Crippen LogP contribution in [-0.4, -0.2) is 19.8 Å². The minimum atomic E-state index is -0.153. The number of aromatic hydroxyl groups is 1. The Morgan fingerprint density at radius 2 is 1.82 bits per heavy atom. The number of hydrogen-bond donors (Lipinski definition) is 2. The first-order valence-corrected chi connectivity index (χ1v) is 12.4. The molecule has 172 valence electrons. The van der Waals surface area contributed by atoms with Crippen molar-refractivity contribution in [3.63, 3.8) is 0 Å². The van der Waals surface area contributed by atoms with Crippen LogP contribution in [0.3, 0.4) is 0 Å². The molecular formula is C26H22BrClN4OS. The molecule has 1 fully saturated rings. The zero-order valence-electron chi connectivity index (χ0n) is 18.5. The number of phenols is 1. The Hall–Kier alpha value is -2.87. The summed E-state index contributed by atoms with van der Waals surface area (Å²) in [7, 11) is 0. The second-order valence-corrected chi connectivity index (χ2v) is 10.0. The summed E-state index contributed by atoms with van der Waals surface area (Å²) in [6, 6.07) is 21.0. The van der Waals surface area contributed by atoms with Crippen LogP contribution in [0.4, 0.5) is 5.69 Å². The van der Waals surface area contributed by atoms with E-state index in [1.54, 1.807) is 24.4 Å². The number of thiocarbonyl (C=S) groups is 1. The van der Waals surface area contributed by atoms with Crippen LogP contribution in [0.15, 0.2) is 77.4 Å². The van der Waals surface area contributed by atoms with Crippen molar-refractivity contribution in [1.29, 1.82) is 0 Å². The first-order chi connectivity index (χ1) is 16.3. The van der Waals surface area contributed by atoms with Crippen LogP contribution in [0, 0.1) is 13.8 Å². The van der Waals surface area contributed by atoms with E-state index in [0.717, 1.165) is 32.8 Å². The van der Waals surface area contributed by atoms with Crippen LogP contribution < -0.4 is 10.2 Å². The van der Waals surface area contributed by atoms with Gasteiger partial charge in [0.1, 0.15) is 5.75 Å². The quantitative estimate of drug-likeness (QED) is 0.273. The smallest absolute Gasteiger partial charge is 0.174 e. The molecule has 1 saturated heterocycles. The highest BCUT2D eigenvalue weighted by atomic mass is 79.9. The SMILES string of the molecule is Cc1cc([C@H]2[C@H](c3ccccn3)NC(=S)N2c2ccc(Br)cc2)c(C)n1-c1cc(Cl)ccc1O. The molecule has 2 N–H and O–H groups in total. The van der Waals surface area contributed by atoms with Gasteiger partial charge in [-0.05, 0) is 92.3 Å². The van der Waals surface area contributed by atoms with Gasteiger partial charge in [0.25, 0.3) is 0 Å². The minimum Gasteiger partial charge on any atom is -0.506 e. The average Bonchev–Trinajstić information content (AvgIpc) is 3.32. The molecule has 4 aromatic rings. The maximum absolute atomic E-state index is 10.6. The van der Waals surface area contributed by atoms with Crippen LogP contribution in [0.1, 0.15) is 34.7 Å². The van der Waals surface area contributed by atoms with Gasteiger partial charge in [0.15, 0.2) is 5.11 Å². The Labute approximate surface area is 217 Å². The maximum atomic E-state index is 10.6. The highest BCUT2D eigenvalue weighted by Crippen LogP contribution is 2.44. The Morgan fingerprint density at radius 3 is 2.53 bits per heavy atom. The van der Waals surface area contributed by atoms with Gasteiger partial charge >= 0.3 is 0 Å². The molecule has 34 heavy (non-hydrogen) atoms. The van der Waals surface area contributed by atoms with E-state index in [4.69, 9.17) is 23.8 Å². The van der Waals surface area contributed by atoms with E-state index in [1.807, 2.05) is 54.0 Å².